The van der Waals surface area contributed by atoms with Crippen LogP contribution in [-0.4, -0.2) is 50.4 Å². The molecule has 3 aromatic carbocycles. The van der Waals surface area contributed by atoms with E-state index in [0.29, 0.717) is 18.8 Å². The third kappa shape index (κ3) is 8.03. The van der Waals surface area contributed by atoms with Gasteiger partial charge in [0.2, 0.25) is 11.8 Å². The topological polar surface area (TPSA) is 96.0 Å². The average Bonchev–Trinajstić information content (AvgIpc) is 2.96. The van der Waals surface area contributed by atoms with Crippen LogP contribution in [0.5, 0.6) is 5.75 Å². The molecule has 3 aromatic rings. The van der Waals surface area contributed by atoms with E-state index in [1.807, 2.05) is 13.8 Å². The Balaban J connectivity index is 2.02. The van der Waals surface area contributed by atoms with Gasteiger partial charge in [-0.2, -0.15) is 0 Å². The highest BCUT2D eigenvalue weighted by molar-refractivity contribution is 7.92. The van der Waals surface area contributed by atoms with Crippen LogP contribution >= 0.6 is 0 Å². The van der Waals surface area contributed by atoms with Gasteiger partial charge in [0.1, 0.15) is 30.0 Å². The predicted octanol–water partition coefficient (Wildman–Crippen LogP) is 4.89. The summed E-state index contributed by atoms with van der Waals surface area (Å²) in [4.78, 5) is 27.9. The van der Waals surface area contributed by atoms with Crippen molar-refractivity contribution in [2.75, 3.05) is 17.5 Å². The number of carbonyl (C=O) groups is 2. The number of benzene rings is 3. The van der Waals surface area contributed by atoms with Gasteiger partial charge in [0.05, 0.1) is 17.2 Å². The maximum Gasteiger partial charge on any atom is 0.264 e. The Hall–Kier alpha value is -3.99. The number of amides is 2. The second-order valence-corrected chi connectivity index (χ2v) is 11.4. The molecule has 0 bridgehead atoms. The minimum absolute atomic E-state index is 0.0381. The molecule has 0 saturated heterocycles. The van der Waals surface area contributed by atoms with Crippen molar-refractivity contribution in [1.29, 1.82) is 0 Å². The van der Waals surface area contributed by atoms with Crippen molar-refractivity contribution in [1.82, 2.24) is 10.2 Å². The number of ether oxygens (including phenoxy) is 1. The van der Waals surface area contributed by atoms with Crippen molar-refractivity contribution < 1.29 is 31.5 Å². The lowest BCUT2D eigenvalue weighted by Crippen LogP contribution is -2.52. The molecule has 0 radical (unpaired) electrons. The number of halogens is 2. The summed E-state index contributed by atoms with van der Waals surface area (Å²) in [6.45, 7) is 6.39. The molecule has 11 heteroatoms. The van der Waals surface area contributed by atoms with Crippen LogP contribution in [0.4, 0.5) is 14.5 Å². The molecule has 2 atom stereocenters. The second kappa shape index (κ2) is 14.1. The standard InChI is InChI=1S/C30H35F2N3O5S/c1-5-21(3)33-30(37)22(4)34(19-23-9-7-8-10-28(23)32)29(36)20-35(25-13-11-24(31)12-14-25)41(38,39)27-17-15-26(16-18-27)40-6-2/h7-18,21-22H,5-6,19-20H2,1-4H3,(H,33,37)/t21-,22-/m0/s1. The maximum atomic E-state index is 14.6. The molecular formula is C30H35F2N3O5S. The SMILES string of the molecule is CCOc1ccc(S(=O)(=O)N(CC(=O)N(Cc2ccccc2F)[C@@H](C)C(=O)N[C@@H](C)CC)c2ccc(F)cc2)cc1. The fourth-order valence-electron chi connectivity index (χ4n) is 4.00. The van der Waals surface area contributed by atoms with Crippen molar-refractivity contribution in [3.8, 4) is 5.75 Å². The van der Waals surface area contributed by atoms with Crippen molar-refractivity contribution in [2.45, 2.75) is 57.6 Å². The first-order chi connectivity index (χ1) is 19.5. The van der Waals surface area contributed by atoms with Crippen LogP contribution in [0.15, 0.2) is 77.7 Å². The number of sulfonamides is 1. The molecule has 0 aromatic heterocycles. The third-order valence-electron chi connectivity index (χ3n) is 6.58. The summed E-state index contributed by atoms with van der Waals surface area (Å²) in [6, 6.07) is 14.9. The summed E-state index contributed by atoms with van der Waals surface area (Å²) < 4.78 is 62.3. The molecule has 0 aliphatic carbocycles. The van der Waals surface area contributed by atoms with Gasteiger partial charge in [-0.05, 0) is 81.8 Å². The number of hydrogen-bond acceptors (Lipinski definition) is 5. The highest BCUT2D eigenvalue weighted by Crippen LogP contribution is 2.26. The minimum Gasteiger partial charge on any atom is -0.494 e. The minimum atomic E-state index is -4.34. The first kappa shape index (κ1) is 31.5. The first-order valence-corrected chi connectivity index (χ1v) is 14.8. The molecule has 0 aliphatic heterocycles. The summed E-state index contributed by atoms with van der Waals surface area (Å²) in [5, 5.41) is 2.82. The fraction of sp³-hybridized carbons (Fsp3) is 0.333. The Morgan fingerprint density at radius 3 is 2.15 bits per heavy atom. The van der Waals surface area contributed by atoms with E-state index >= 15 is 0 Å². The van der Waals surface area contributed by atoms with Crippen LogP contribution in [0.2, 0.25) is 0 Å². The van der Waals surface area contributed by atoms with Crippen LogP contribution in [0, 0.1) is 11.6 Å². The monoisotopic (exact) mass is 587 g/mol. The van der Waals surface area contributed by atoms with Gasteiger partial charge in [-0.3, -0.25) is 13.9 Å². The number of nitrogens with zero attached hydrogens (tertiary/aromatic N) is 2. The molecule has 0 unspecified atom stereocenters. The van der Waals surface area contributed by atoms with Gasteiger partial charge >= 0.3 is 0 Å². The van der Waals surface area contributed by atoms with Crippen LogP contribution in [0.3, 0.4) is 0 Å². The van der Waals surface area contributed by atoms with E-state index in [2.05, 4.69) is 5.32 Å². The van der Waals surface area contributed by atoms with Gasteiger partial charge in [0.15, 0.2) is 0 Å². The summed E-state index contributed by atoms with van der Waals surface area (Å²) in [5.41, 5.74) is 0.197. The lowest BCUT2D eigenvalue weighted by atomic mass is 10.1. The van der Waals surface area contributed by atoms with E-state index in [9.17, 15) is 26.8 Å². The van der Waals surface area contributed by atoms with E-state index in [0.717, 1.165) is 21.3 Å². The van der Waals surface area contributed by atoms with Gasteiger partial charge in [0, 0.05) is 18.2 Å². The zero-order valence-corrected chi connectivity index (χ0v) is 24.3. The molecule has 2 amide bonds. The molecule has 3 rings (SSSR count). The molecule has 0 fully saturated rings. The lowest BCUT2D eigenvalue weighted by molar-refractivity contribution is -0.139. The van der Waals surface area contributed by atoms with Gasteiger partial charge < -0.3 is 15.0 Å². The molecular weight excluding hydrogens is 552 g/mol. The molecule has 0 aliphatic rings. The van der Waals surface area contributed by atoms with E-state index < -0.39 is 46.1 Å². The lowest BCUT2D eigenvalue weighted by Gasteiger charge is -2.32. The van der Waals surface area contributed by atoms with Crippen LogP contribution in [0.25, 0.3) is 0 Å². The van der Waals surface area contributed by atoms with E-state index in [4.69, 9.17) is 4.74 Å². The summed E-state index contributed by atoms with van der Waals surface area (Å²) >= 11 is 0. The number of hydrogen-bond donors (Lipinski definition) is 1. The molecule has 0 spiro atoms. The van der Waals surface area contributed by atoms with Gasteiger partial charge in [-0.15, -0.1) is 0 Å². The third-order valence-corrected chi connectivity index (χ3v) is 8.37. The van der Waals surface area contributed by atoms with Gasteiger partial charge in [-0.1, -0.05) is 25.1 Å². The van der Waals surface area contributed by atoms with Gasteiger partial charge in [0.25, 0.3) is 10.0 Å². The zero-order valence-electron chi connectivity index (χ0n) is 23.5. The highest BCUT2D eigenvalue weighted by atomic mass is 32.2. The first-order valence-electron chi connectivity index (χ1n) is 13.3. The smallest absolute Gasteiger partial charge is 0.264 e. The summed E-state index contributed by atoms with van der Waals surface area (Å²) in [5.74, 6) is -1.91. The van der Waals surface area contributed by atoms with E-state index in [-0.39, 0.29) is 28.7 Å². The van der Waals surface area contributed by atoms with Crippen molar-refractivity contribution in [2.24, 2.45) is 0 Å². The van der Waals surface area contributed by atoms with Gasteiger partial charge in [-0.25, -0.2) is 17.2 Å². The Labute approximate surface area is 240 Å². The van der Waals surface area contributed by atoms with Crippen molar-refractivity contribution in [3.05, 3.63) is 90.0 Å². The summed E-state index contributed by atoms with van der Waals surface area (Å²) in [7, 11) is -4.34. The molecule has 1 N–H and O–H groups in total. The quantitative estimate of drug-likeness (QED) is 0.307. The summed E-state index contributed by atoms with van der Waals surface area (Å²) in [6.07, 6.45) is 0.651. The maximum absolute atomic E-state index is 14.6. The second-order valence-electron chi connectivity index (χ2n) is 9.50. The van der Waals surface area contributed by atoms with Crippen molar-refractivity contribution in [3.63, 3.8) is 0 Å². The highest BCUT2D eigenvalue weighted by Gasteiger charge is 2.33. The molecule has 41 heavy (non-hydrogen) atoms. The number of nitrogens with one attached hydrogen (secondary N) is 1. The van der Waals surface area contributed by atoms with Crippen molar-refractivity contribution >= 4 is 27.5 Å². The number of anilines is 1. The van der Waals surface area contributed by atoms with E-state index in [1.165, 1.54) is 61.5 Å². The Morgan fingerprint density at radius 1 is 0.927 bits per heavy atom. The predicted molar refractivity (Wildman–Crippen MR) is 153 cm³/mol. The Bertz CT molecular complexity index is 1430. The van der Waals surface area contributed by atoms with Crippen LogP contribution < -0.4 is 14.4 Å². The fourth-order valence-corrected chi connectivity index (χ4v) is 5.41. The largest absolute Gasteiger partial charge is 0.494 e. The number of carbonyl (C=O) groups excluding carboxylic acids is 2. The number of rotatable bonds is 13. The van der Waals surface area contributed by atoms with E-state index in [1.54, 1.807) is 13.0 Å². The molecule has 8 nitrogen and oxygen atoms in total. The average molecular weight is 588 g/mol. The van der Waals surface area contributed by atoms with Crippen LogP contribution in [0.1, 0.15) is 39.7 Å². The molecule has 0 saturated carbocycles. The normalized spacial score (nSPS) is 12.7. The van der Waals surface area contributed by atoms with Crippen LogP contribution in [-0.2, 0) is 26.2 Å². The molecule has 220 valence electrons. The Morgan fingerprint density at radius 2 is 1.56 bits per heavy atom. The molecule has 0 heterocycles. The zero-order chi connectivity index (χ0) is 30.2. The Kier molecular flexibility index (Phi) is 10.8.